The molecule has 5 nitrogen and oxygen atoms in total. The van der Waals surface area contributed by atoms with Gasteiger partial charge in [0.1, 0.15) is 16.2 Å². The van der Waals surface area contributed by atoms with Gasteiger partial charge in [-0.3, -0.25) is 9.69 Å². The fourth-order valence-corrected chi connectivity index (χ4v) is 5.53. The van der Waals surface area contributed by atoms with Crippen molar-refractivity contribution in [2.75, 3.05) is 18.8 Å². The van der Waals surface area contributed by atoms with Crippen LogP contribution in [0.2, 0.25) is 0 Å². The lowest BCUT2D eigenvalue weighted by Crippen LogP contribution is -2.38. The maximum Gasteiger partial charge on any atom is 0.230 e. The second-order valence-electron chi connectivity index (χ2n) is 7.20. The molecule has 1 aromatic carbocycles. The highest BCUT2D eigenvalue weighted by molar-refractivity contribution is 8.00. The van der Waals surface area contributed by atoms with Gasteiger partial charge in [0.05, 0.1) is 5.75 Å². The van der Waals surface area contributed by atoms with E-state index in [9.17, 15) is 4.79 Å². The number of nitrogens with zero attached hydrogens (tertiary/aromatic N) is 3. The Kier molecular flexibility index (Phi) is 5.94. The van der Waals surface area contributed by atoms with Crippen molar-refractivity contribution >= 4 is 39.2 Å². The zero-order valence-corrected chi connectivity index (χ0v) is 17.8. The molecule has 3 heterocycles. The fourth-order valence-electron chi connectivity index (χ4n) is 3.60. The van der Waals surface area contributed by atoms with Crippen LogP contribution in [0.15, 0.2) is 41.7 Å². The molecule has 0 spiro atoms. The summed E-state index contributed by atoms with van der Waals surface area (Å²) in [5.74, 6) is 0.461. The molecule has 1 amide bonds. The number of aromatic nitrogens is 2. The predicted molar refractivity (Wildman–Crippen MR) is 116 cm³/mol. The van der Waals surface area contributed by atoms with Crippen LogP contribution in [0, 0.1) is 13.8 Å². The SMILES string of the molecule is Cc1sc2ncnc(SCC(=O)N[C@@H]3CCN(Cc4ccccc4)C3)c2c1C. The lowest BCUT2D eigenvalue weighted by Gasteiger charge is -2.16. The third-order valence-electron chi connectivity index (χ3n) is 5.16. The zero-order chi connectivity index (χ0) is 19.5. The highest BCUT2D eigenvalue weighted by atomic mass is 32.2. The van der Waals surface area contributed by atoms with Gasteiger partial charge < -0.3 is 5.32 Å². The van der Waals surface area contributed by atoms with E-state index in [0.717, 1.165) is 41.3 Å². The molecule has 3 aromatic rings. The van der Waals surface area contributed by atoms with Crippen LogP contribution in [0.3, 0.4) is 0 Å². The first kappa shape index (κ1) is 19.4. The summed E-state index contributed by atoms with van der Waals surface area (Å²) in [5.41, 5.74) is 2.54. The maximum atomic E-state index is 12.5. The predicted octanol–water partition coefficient (Wildman–Crippen LogP) is 3.79. The van der Waals surface area contributed by atoms with Crippen LogP contribution >= 0.6 is 23.1 Å². The van der Waals surface area contributed by atoms with Gasteiger partial charge in [-0.1, -0.05) is 42.1 Å². The Morgan fingerprint density at radius 1 is 1.29 bits per heavy atom. The van der Waals surface area contributed by atoms with Gasteiger partial charge in [0.15, 0.2) is 0 Å². The molecule has 1 aliphatic heterocycles. The van der Waals surface area contributed by atoms with Crippen LogP contribution in [-0.4, -0.2) is 45.7 Å². The highest BCUT2D eigenvalue weighted by Crippen LogP contribution is 2.34. The Morgan fingerprint density at radius 2 is 2.11 bits per heavy atom. The van der Waals surface area contributed by atoms with Gasteiger partial charge in [-0.25, -0.2) is 9.97 Å². The van der Waals surface area contributed by atoms with Crippen molar-refractivity contribution in [2.45, 2.75) is 37.9 Å². The Hall–Kier alpha value is -1.96. The van der Waals surface area contributed by atoms with Gasteiger partial charge >= 0.3 is 0 Å². The van der Waals surface area contributed by atoms with Gasteiger partial charge in [-0.05, 0) is 31.4 Å². The van der Waals surface area contributed by atoms with Gasteiger partial charge in [-0.2, -0.15) is 0 Å². The number of likely N-dealkylation sites (tertiary alicyclic amines) is 1. The molecule has 0 unspecified atom stereocenters. The molecule has 1 N–H and O–H groups in total. The summed E-state index contributed by atoms with van der Waals surface area (Å²) >= 11 is 3.19. The summed E-state index contributed by atoms with van der Waals surface area (Å²) in [5, 5.41) is 5.19. The largest absolute Gasteiger partial charge is 0.351 e. The van der Waals surface area contributed by atoms with Gasteiger partial charge in [0.25, 0.3) is 0 Å². The first-order valence-electron chi connectivity index (χ1n) is 9.49. The minimum atomic E-state index is 0.0768. The molecule has 0 aliphatic carbocycles. The van der Waals surface area contributed by atoms with E-state index in [-0.39, 0.29) is 11.9 Å². The van der Waals surface area contributed by atoms with Crippen LogP contribution in [0.1, 0.15) is 22.4 Å². The molecule has 28 heavy (non-hydrogen) atoms. The quantitative estimate of drug-likeness (QED) is 0.493. The van der Waals surface area contributed by atoms with E-state index in [2.05, 4.69) is 58.3 Å². The maximum absolute atomic E-state index is 12.5. The molecule has 1 aliphatic rings. The molecule has 1 saturated heterocycles. The minimum Gasteiger partial charge on any atom is -0.351 e. The molecule has 7 heteroatoms. The van der Waals surface area contributed by atoms with Crippen molar-refractivity contribution in [3.05, 3.63) is 52.7 Å². The number of benzene rings is 1. The Bertz CT molecular complexity index is 973. The minimum absolute atomic E-state index is 0.0768. The van der Waals surface area contributed by atoms with Crippen molar-refractivity contribution in [1.29, 1.82) is 0 Å². The lowest BCUT2D eigenvalue weighted by atomic mass is 10.2. The average molecular weight is 413 g/mol. The topological polar surface area (TPSA) is 58.1 Å². The molecular formula is C21H24N4OS2. The smallest absolute Gasteiger partial charge is 0.230 e. The van der Waals surface area contributed by atoms with E-state index in [1.165, 1.54) is 27.8 Å². The van der Waals surface area contributed by atoms with Crippen molar-refractivity contribution in [3.63, 3.8) is 0 Å². The summed E-state index contributed by atoms with van der Waals surface area (Å²) in [4.78, 5) is 25.9. The summed E-state index contributed by atoms with van der Waals surface area (Å²) < 4.78 is 0. The molecule has 2 aromatic heterocycles. The van der Waals surface area contributed by atoms with Gasteiger partial charge in [0, 0.05) is 35.9 Å². The summed E-state index contributed by atoms with van der Waals surface area (Å²) in [6.45, 7) is 7.07. The van der Waals surface area contributed by atoms with Crippen LogP contribution in [-0.2, 0) is 11.3 Å². The Morgan fingerprint density at radius 3 is 2.93 bits per heavy atom. The van der Waals surface area contributed by atoms with Crippen LogP contribution in [0.5, 0.6) is 0 Å². The van der Waals surface area contributed by atoms with Crippen molar-refractivity contribution < 1.29 is 4.79 Å². The normalized spacial score (nSPS) is 17.3. The second-order valence-corrected chi connectivity index (χ2v) is 9.37. The van der Waals surface area contributed by atoms with Crippen LogP contribution in [0.25, 0.3) is 10.2 Å². The molecule has 0 bridgehead atoms. The van der Waals surface area contributed by atoms with Crippen LogP contribution in [0.4, 0.5) is 0 Å². The standard InChI is InChI=1S/C21H24N4OS2/c1-14-15(2)28-21-19(14)20(22-13-23-21)27-12-18(26)24-17-8-9-25(11-17)10-16-6-4-3-5-7-16/h3-7,13,17H,8-12H2,1-2H3,(H,24,26)/t17-/m1/s1. The molecular weight excluding hydrogens is 388 g/mol. The number of rotatable bonds is 6. The molecule has 1 fully saturated rings. The first-order valence-corrected chi connectivity index (χ1v) is 11.3. The fraction of sp³-hybridized carbons (Fsp3) is 0.381. The second kappa shape index (κ2) is 8.59. The first-order chi connectivity index (χ1) is 13.6. The summed E-state index contributed by atoms with van der Waals surface area (Å²) in [6, 6.07) is 10.7. The molecule has 146 valence electrons. The lowest BCUT2D eigenvalue weighted by molar-refractivity contribution is -0.119. The molecule has 4 rings (SSSR count). The highest BCUT2D eigenvalue weighted by Gasteiger charge is 2.24. The number of fused-ring (bicyclic) bond motifs is 1. The van der Waals surface area contributed by atoms with Gasteiger partial charge in [0.2, 0.25) is 5.91 Å². The van der Waals surface area contributed by atoms with Crippen LogP contribution < -0.4 is 5.32 Å². The van der Waals surface area contributed by atoms with E-state index in [1.54, 1.807) is 17.7 Å². The van der Waals surface area contributed by atoms with E-state index in [1.807, 2.05) is 6.07 Å². The zero-order valence-electron chi connectivity index (χ0n) is 16.1. The monoisotopic (exact) mass is 412 g/mol. The third kappa shape index (κ3) is 4.37. The number of amides is 1. The number of thioether (sulfide) groups is 1. The number of hydrogen-bond acceptors (Lipinski definition) is 6. The van der Waals surface area contributed by atoms with Crippen molar-refractivity contribution in [3.8, 4) is 0 Å². The molecule has 1 atom stereocenters. The van der Waals surface area contributed by atoms with E-state index >= 15 is 0 Å². The Balaban J connectivity index is 1.30. The number of hydrogen-bond donors (Lipinski definition) is 1. The number of thiophene rings is 1. The van der Waals surface area contributed by atoms with Crippen molar-refractivity contribution in [1.82, 2.24) is 20.2 Å². The van der Waals surface area contributed by atoms with Crippen molar-refractivity contribution in [2.24, 2.45) is 0 Å². The van der Waals surface area contributed by atoms with Gasteiger partial charge in [-0.15, -0.1) is 11.3 Å². The number of nitrogens with one attached hydrogen (secondary N) is 1. The Labute approximate surface area is 173 Å². The summed E-state index contributed by atoms with van der Waals surface area (Å²) in [6.07, 6.45) is 2.60. The van der Waals surface area contributed by atoms with E-state index < -0.39 is 0 Å². The molecule has 0 saturated carbocycles. The summed E-state index contributed by atoms with van der Waals surface area (Å²) in [7, 11) is 0. The third-order valence-corrected chi connectivity index (χ3v) is 7.26. The molecule has 0 radical (unpaired) electrons. The number of carbonyl (C=O) groups excluding carboxylic acids is 1. The van der Waals surface area contributed by atoms with E-state index in [4.69, 9.17) is 0 Å². The van der Waals surface area contributed by atoms with E-state index in [0.29, 0.717) is 5.75 Å². The average Bonchev–Trinajstić information content (AvgIpc) is 3.25. The number of aryl methyl sites for hydroxylation is 2. The number of carbonyl (C=O) groups is 1.